The van der Waals surface area contributed by atoms with Crippen molar-refractivity contribution in [3.8, 4) is 0 Å². The third kappa shape index (κ3) is 2.20. The number of hydrogen-bond acceptors (Lipinski definition) is 5. The van der Waals surface area contributed by atoms with Gasteiger partial charge in [-0.3, -0.25) is 15.4 Å². The second-order valence-corrected chi connectivity index (χ2v) is 3.85. The minimum atomic E-state index is -0.525. The second kappa shape index (κ2) is 4.68. The van der Waals surface area contributed by atoms with Gasteiger partial charge in [0.15, 0.2) is 0 Å². The number of rotatable bonds is 2. The summed E-state index contributed by atoms with van der Waals surface area (Å²) >= 11 is 1.69. The number of nitrogens with one attached hydrogen (secondary N) is 1. The van der Waals surface area contributed by atoms with E-state index in [9.17, 15) is 10.1 Å². The number of hydrogen-bond donors (Lipinski definition) is 1. The number of thioether (sulfide) groups is 1. The molecule has 0 radical (unpaired) electrons. The molecule has 0 aromatic carbocycles. The maximum Gasteiger partial charge on any atom is 0.433 e. The summed E-state index contributed by atoms with van der Waals surface area (Å²) in [5, 5.41) is 13.6. The molecule has 0 aliphatic carbocycles. The molecule has 1 aromatic heterocycles. The lowest BCUT2D eigenvalue weighted by Gasteiger charge is -2.02. The van der Waals surface area contributed by atoms with Crippen LogP contribution in [0.15, 0.2) is 16.5 Å². The van der Waals surface area contributed by atoms with Gasteiger partial charge in [0, 0.05) is 12.3 Å². The molecule has 5 nitrogen and oxygen atoms in total. The highest BCUT2D eigenvalue weighted by Crippen LogP contribution is 2.32. The zero-order chi connectivity index (χ0) is 9.26. The van der Waals surface area contributed by atoms with Gasteiger partial charge >= 0.3 is 5.88 Å². The largest absolute Gasteiger partial charge is 0.433 e. The van der Waals surface area contributed by atoms with E-state index in [1.165, 1.54) is 6.07 Å². The van der Waals surface area contributed by atoms with E-state index in [-0.39, 0.29) is 23.7 Å². The minimum Gasteiger partial charge on any atom is -0.403 e. The van der Waals surface area contributed by atoms with Crippen molar-refractivity contribution in [2.45, 2.75) is 5.37 Å². The molecule has 0 saturated carbocycles. The Kier molecular flexibility index (Phi) is 3.79. The van der Waals surface area contributed by atoms with E-state index in [2.05, 4.69) is 5.32 Å². The molecule has 0 amide bonds. The SMILES string of the molecule is Cl.O=[N+]([O-])c1ccc(C2NCCS2)o1. The minimum absolute atomic E-state index is 0. The first-order valence-corrected chi connectivity index (χ1v) is 4.91. The van der Waals surface area contributed by atoms with Gasteiger partial charge in [0.2, 0.25) is 0 Å². The molecule has 78 valence electrons. The first-order chi connectivity index (χ1) is 6.27. The van der Waals surface area contributed by atoms with Crippen molar-refractivity contribution < 1.29 is 9.34 Å². The Balaban J connectivity index is 0.000000980. The van der Waals surface area contributed by atoms with Gasteiger partial charge in [0.1, 0.15) is 16.1 Å². The van der Waals surface area contributed by atoms with Gasteiger partial charge in [-0.05, 0) is 6.07 Å². The molecule has 14 heavy (non-hydrogen) atoms. The van der Waals surface area contributed by atoms with E-state index in [1.807, 2.05) is 0 Å². The van der Waals surface area contributed by atoms with Crippen LogP contribution in [0.2, 0.25) is 0 Å². The maximum absolute atomic E-state index is 10.3. The molecule has 1 fully saturated rings. The second-order valence-electron chi connectivity index (χ2n) is 2.64. The van der Waals surface area contributed by atoms with Crippen LogP contribution in [-0.4, -0.2) is 17.2 Å². The van der Waals surface area contributed by atoms with Gasteiger partial charge < -0.3 is 4.42 Å². The zero-order valence-corrected chi connectivity index (χ0v) is 8.77. The Labute approximate surface area is 90.8 Å². The molecule has 1 aliphatic heterocycles. The van der Waals surface area contributed by atoms with Crippen LogP contribution in [0.5, 0.6) is 0 Å². The fourth-order valence-corrected chi connectivity index (χ4v) is 2.19. The summed E-state index contributed by atoms with van der Waals surface area (Å²) in [6.45, 7) is 0.920. The van der Waals surface area contributed by atoms with Gasteiger partial charge in [0.25, 0.3) is 0 Å². The van der Waals surface area contributed by atoms with Crippen LogP contribution >= 0.6 is 24.2 Å². The third-order valence-corrected chi connectivity index (χ3v) is 2.94. The highest BCUT2D eigenvalue weighted by atomic mass is 35.5. The number of nitro groups is 1. The number of halogens is 1. The molecular formula is C7H9ClN2O3S. The monoisotopic (exact) mass is 236 g/mol. The van der Waals surface area contributed by atoms with Gasteiger partial charge in [-0.2, -0.15) is 0 Å². The summed E-state index contributed by atoms with van der Waals surface area (Å²) in [6.07, 6.45) is 0. The molecule has 0 spiro atoms. The lowest BCUT2D eigenvalue weighted by Crippen LogP contribution is -2.11. The van der Waals surface area contributed by atoms with Crippen molar-refractivity contribution in [1.29, 1.82) is 0 Å². The average Bonchev–Trinajstić information content (AvgIpc) is 2.75. The Hall–Kier alpha value is -0.720. The van der Waals surface area contributed by atoms with Crippen molar-refractivity contribution in [2.75, 3.05) is 12.3 Å². The molecule has 1 N–H and O–H groups in total. The van der Waals surface area contributed by atoms with Gasteiger partial charge in [-0.15, -0.1) is 24.2 Å². The smallest absolute Gasteiger partial charge is 0.403 e. The lowest BCUT2D eigenvalue weighted by atomic mass is 10.4. The fraction of sp³-hybridized carbons (Fsp3) is 0.429. The summed E-state index contributed by atoms with van der Waals surface area (Å²) in [6, 6.07) is 3.03. The number of furan rings is 1. The third-order valence-electron chi connectivity index (χ3n) is 1.77. The molecule has 2 rings (SSSR count). The van der Waals surface area contributed by atoms with E-state index in [4.69, 9.17) is 4.42 Å². The molecule has 1 unspecified atom stereocenters. The molecule has 1 aromatic rings. The maximum atomic E-state index is 10.3. The quantitative estimate of drug-likeness (QED) is 0.628. The van der Waals surface area contributed by atoms with Crippen molar-refractivity contribution in [3.05, 3.63) is 28.0 Å². The van der Waals surface area contributed by atoms with E-state index >= 15 is 0 Å². The highest BCUT2D eigenvalue weighted by molar-refractivity contribution is 7.99. The molecule has 0 bridgehead atoms. The normalized spacial score (nSPS) is 20.4. The van der Waals surface area contributed by atoms with Crippen LogP contribution in [0.4, 0.5) is 5.88 Å². The fourth-order valence-electron chi connectivity index (χ4n) is 1.19. The Morgan fingerprint density at radius 3 is 2.93 bits per heavy atom. The van der Waals surface area contributed by atoms with Gasteiger partial charge in [-0.1, -0.05) is 0 Å². The summed E-state index contributed by atoms with van der Waals surface area (Å²) in [5.41, 5.74) is 0. The van der Waals surface area contributed by atoms with Crippen LogP contribution in [0.1, 0.15) is 11.1 Å². The van der Waals surface area contributed by atoms with E-state index < -0.39 is 4.92 Å². The van der Waals surface area contributed by atoms with Crippen LogP contribution in [0, 0.1) is 10.1 Å². The van der Waals surface area contributed by atoms with Crippen molar-refractivity contribution in [3.63, 3.8) is 0 Å². The van der Waals surface area contributed by atoms with Gasteiger partial charge in [0.05, 0.1) is 6.07 Å². The topological polar surface area (TPSA) is 68.3 Å². The van der Waals surface area contributed by atoms with Crippen LogP contribution in [0.25, 0.3) is 0 Å². The molecule has 1 saturated heterocycles. The summed E-state index contributed by atoms with van der Waals surface area (Å²) in [4.78, 5) is 9.79. The van der Waals surface area contributed by atoms with Crippen molar-refractivity contribution in [2.24, 2.45) is 0 Å². The van der Waals surface area contributed by atoms with Crippen LogP contribution < -0.4 is 5.32 Å². The summed E-state index contributed by atoms with van der Waals surface area (Å²) in [7, 11) is 0. The molecular weight excluding hydrogens is 228 g/mol. The summed E-state index contributed by atoms with van der Waals surface area (Å²) < 4.78 is 5.05. The zero-order valence-electron chi connectivity index (χ0n) is 7.13. The highest BCUT2D eigenvalue weighted by Gasteiger charge is 2.22. The molecule has 1 aliphatic rings. The first-order valence-electron chi connectivity index (χ1n) is 3.86. The predicted molar refractivity (Wildman–Crippen MR) is 55.8 cm³/mol. The standard InChI is InChI=1S/C7H8N2O3S.ClH/c10-9(11)6-2-1-5(12-6)7-8-3-4-13-7;/h1-2,7-8H,3-4H2;1H. The Bertz CT molecular complexity index is 324. The number of nitrogens with zero attached hydrogens (tertiary/aromatic N) is 1. The predicted octanol–water partition coefficient (Wildman–Crippen LogP) is 1.94. The van der Waals surface area contributed by atoms with E-state index in [1.54, 1.807) is 17.8 Å². The van der Waals surface area contributed by atoms with E-state index in [0.717, 1.165) is 12.3 Å². The Morgan fingerprint density at radius 1 is 1.64 bits per heavy atom. The molecule has 2 heterocycles. The first kappa shape index (κ1) is 11.4. The van der Waals surface area contributed by atoms with Crippen LogP contribution in [0.3, 0.4) is 0 Å². The molecule has 7 heteroatoms. The lowest BCUT2D eigenvalue weighted by molar-refractivity contribution is -0.402. The van der Waals surface area contributed by atoms with E-state index in [0.29, 0.717) is 5.76 Å². The van der Waals surface area contributed by atoms with Crippen LogP contribution in [-0.2, 0) is 0 Å². The Morgan fingerprint density at radius 2 is 2.43 bits per heavy atom. The average molecular weight is 237 g/mol. The van der Waals surface area contributed by atoms with Gasteiger partial charge in [-0.25, -0.2) is 0 Å². The van der Waals surface area contributed by atoms with Crippen molar-refractivity contribution >= 4 is 30.1 Å². The summed E-state index contributed by atoms with van der Waals surface area (Å²) in [5.74, 6) is 1.46. The molecule has 1 atom stereocenters. The van der Waals surface area contributed by atoms with Crippen molar-refractivity contribution in [1.82, 2.24) is 5.32 Å².